The van der Waals surface area contributed by atoms with Crippen LogP contribution in [0.1, 0.15) is 47.1 Å². The fourth-order valence-corrected chi connectivity index (χ4v) is 5.08. The van der Waals surface area contributed by atoms with Crippen LogP contribution < -0.4 is 0 Å². The van der Waals surface area contributed by atoms with Crippen molar-refractivity contribution >= 4 is 7.26 Å². The summed E-state index contributed by atoms with van der Waals surface area (Å²) in [5.74, 6) is 3.40. The van der Waals surface area contributed by atoms with Crippen LogP contribution in [0.2, 0.25) is 0 Å². The fourth-order valence-electron chi connectivity index (χ4n) is 2.04. The molecule has 0 unspecified atom stereocenters. The molecule has 0 bridgehead atoms. The summed E-state index contributed by atoms with van der Waals surface area (Å²) in [6.45, 7) is 16.3. The van der Waals surface area contributed by atoms with Crippen molar-refractivity contribution in [3.63, 3.8) is 0 Å². The lowest BCUT2D eigenvalue weighted by Gasteiger charge is -2.39. The average molecular weight is 261 g/mol. The van der Waals surface area contributed by atoms with Crippen LogP contribution in [0.3, 0.4) is 0 Å². The van der Waals surface area contributed by atoms with E-state index in [0.717, 1.165) is 5.56 Å². The summed E-state index contributed by atoms with van der Waals surface area (Å²) < 4.78 is 0. The third-order valence-electron chi connectivity index (χ3n) is 3.88. The van der Waals surface area contributed by atoms with Gasteiger partial charge in [-0.25, -0.2) is 0 Å². The summed E-state index contributed by atoms with van der Waals surface area (Å²) in [6, 6.07) is 10.3. The highest BCUT2D eigenvalue weighted by molar-refractivity contribution is 7.82. The third-order valence-corrected chi connectivity index (χ3v) is 9.81. The Morgan fingerprint density at radius 3 is 1.67 bits per heavy atom. The topological polar surface area (TPSA) is 0 Å². The van der Waals surface area contributed by atoms with Crippen LogP contribution >= 0.6 is 7.26 Å². The lowest BCUT2D eigenvalue weighted by molar-refractivity contribution is 0.700. The zero-order chi connectivity index (χ0) is 14.0. The predicted octanol–water partition coefficient (Wildman–Crippen LogP) is 5.24. The van der Waals surface area contributed by atoms with Crippen molar-refractivity contribution in [1.82, 2.24) is 0 Å². The molecule has 98 valence electrons. The Morgan fingerprint density at radius 2 is 1.28 bits per heavy atom. The van der Waals surface area contributed by atoms with Crippen molar-refractivity contribution in [3.05, 3.63) is 35.9 Å². The maximum atomic E-state index is 3.65. The van der Waals surface area contributed by atoms with E-state index >= 15 is 0 Å². The van der Waals surface area contributed by atoms with Crippen LogP contribution in [0.5, 0.6) is 0 Å². The van der Waals surface area contributed by atoms with E-state index in [0.29, 0.717) is 0 Å². The van der Waals surface area contributed by atoms with Gasteiger partial charge < -0.3 is 0 Å². The molecule has 0 spiro atoms. The van der Waals surface area contributed by atoms with Crippen LogP contribution in [0.4, 0.5) is 0 Å². The second-order valence-electron chi connectivity index (χ2n) is 6.95. The minimum Gasteiger partial charge on any atom is -0.0622 e. The van der Waals surface area contributed by atoms with Gasteiger partial charge >= 0.3 is 0 Å². The quantitative estimate of drug-likeness (QED) is 0.442. The van der Waals surface area contributed by atoms with Crippen molar-refractivity contribution in [1.29, 1.82) is 0 Å². The summed E-state index contributed by atoms with van der Waals surface area (Å²) in [7, 11) is -1.36. The molecular formula is C17H26P+. The van der Waals surface area contributed by atoms with Gasteiger partial charge in [0.1, 0.15) is 0 Å². The zero-order valence-electron chi connectivity index (χ0n) is 12.8. The molecule has 0 radical (unpaired) electrons. The van der Waals surface area contributed by atoms with Gasteiger partial charge in [-0.3, -0.25) is 0 Å². The van der Waals surface area contributed by atoms with E-state index in [2.05, 4.69) is 71.9 Å². The smallest absolute Gasteiger partial charge is 0.0622 e. The van der Waals surface area contributed by atoms with E-state index in [9.17, 15) is 0 Å². The van der Waals surface area contributed by atoms with E-state index < -0.39 is 7.26 Å². The molecule has 1 heteroatoms. The van der Waals surface area contributed by atoms with E-state index in [1.807, 2.05) is 18.2 Å². The van der Waals surface area contributed by atoms with Crippen molar-refractivity contribution in [2.45, 2.75) is 51.9 Å². The van der Waals surface area contributed by atoms with Gasteiger partial charge in [-0.15, -0.1) is 0 Å². The second-order valence-corrected chi connectivity index (χ2v) is 11.9. The SMILES string of the molecule is CC(C)(C)[P+](C)(C#Cc1ccccc1)C(C)(C)C. The molecule has 0 saturated carbocycles. The van der Waals surface area contributed by atoms with Gasteiger partial charge in [-0.05, 0) is 59.6 Å². The highest BCUT2D eigenvalue weighted by atomic mass is 31.2. The molecule has 0 atom stereocenters. The zero-order valence-corrected chi connectivity index (χ0v) is 13.7. The van der Waals surface area contributed by atoms with Crippen molar-refractivity contribution in [2.24, 2.45) is 0 Å². The molecule has 0 N–H and O–H groups in total. The number of hydrogen-bond donors (Lipinski definition) is 0. The van der Waals surface area contributed by atoms with Gasteiger partial charge in [0.25, 0.3) is 0 Å². The molecule has 0 aliphatic heterocycles. The number of hydrogen-bond acceptors (Lipinski definition) is 0. The second kappa shape index (κ2) is 5.07. The van der Waals surface area contributed by atoms with Crippen molar-refractivity contribution in [2.75, 3.05) is 6.66 Å². The van der Waals surface area contributed by atoms with E-state index in [1.54, 1.807) is 0 Å². The number of benzene rings is 1. The van der Waals surface area contributed by atoms with Gasteiger partial charge in [0, 0.05) is 5.56 Å². The molecular weight excluding hydrogens is 235 g/mol. The Morgan fingerprint density at radius 1 is 0.833 bits per heavy atom. The third kappa shape index (κ3) is 3.15. The Labute approximate surface area is 114 Å². The summed E-state index contributed by atoms with van der Waals surface area (Å²) in [5, 5.41) is 0.514. The number of rotatable bonds is 0. The molecule has 0 fully saturated rings. The first-order valence-electron chi connectivity index (χ1n) is 6.53. The van der Waals surface area contributed by atoms with E-state index in [1.165, 1.54) is 0 Å². The largest absolute Gasteiger partial charge is 0.0997 e. The molecule has 0 aliphatic rings. The molecule has 1 rings (SSSR count). The first-order chi connectivity index (χ1) is 8.08. The molecule has 0 amide bonds. The van der Waals surface area contributed by atoms with Crippen LogP contribution in [-0.2, 0) is 0 Å². The Balaban J connectivity index is 3.22. The Kier molecular flexibility index (Phi) is 4.30. The molecule has 0 aliphatic carbocycles. The van der Waals surface area contributed by atoms with Crippen molar-refractivity contribution < 1.29 is 0 Å². The van der Waals surface area contributed by atoms with Crippen LogP contribution in [0.15, 0.2) is 30.3 Å². The summed E-state index contributed by atoms with van der Waals surface area (Å²) in [6.07, 6.45) is 0. The van der Waals surface area contributed by atoms with Gasteiger partial charge in [0.15, 0.2) is 0 Å². The molecule has 0 heterocycles. The minimum absolute atomic E-state index is 0.257. The first kappa shape index (κ1) is 15.3. The monoisotopic (exact) mass is 261 g/mol. The molecule has 1 aromatic carbocycles. The molecule has 18 heavy (non-hydrogen) atoms. The van der Waals surface area contributed by atoms with Crippen LogP contribution in [0, 0.1) is 11.6 Å². The van der Waals surface area contributed by atoms with Gasteiger partial charge in [0.2, 0.25) is 0 Å². The standard InChI is InChI=1S/C17H26P/c1-16(2,3)18(7,17(4,5)6)14-13-15-11-9-8-10-12-15/h8-12H,1-7H3/q+1. The summed E-state index contributed by atoms with van der Waals surface area (Å²) >= 11 is 0. The summed E-state index contributed by atoms with van der Waals surface area (Å²) in [4.78, 5) is 0. The molecule has 1 aromatic rings. The highest BCUT2D eigenvalue weighted by Crippen LogP contribution is 2.73. The maximum absolute atomic E-state index is 3.65. The van der Waals surface area contributed by atoms with E-state index in [4.69, 9.17) is 0 Å². The van der Waals surface area contributed by atoms with Gasteiger partial charge in [-0.2, -0.15) is 0 Å². The average Bonchev–Trinajstić information content (AvgIpc) is 2.24. The van der Waals surface area contributed by atoms with Crippen LogP contribution in [0.25, 0.3) is 0 Å². The predicted molar refractivity (Wildman–Crippen MR) is 85.7 cm³/mol. The lowest BCUT2D eigenvalue weighted by atomic mass is 10.2. The van der Waals surface area contributed by atoms with Gasteiger partial charge in [-0.1, -0.05) is 18.2 Å². The van der Waals surface area contributed by atoms with Gasteiger partial charge in [0.05, 0.1) is 29.9 Å². The summed E-state index contributed by atoms with van der Waals surface area (Å²) in [5.41, 5.74) is 4.78. The lowest BCUT2D eigenvalue weighted by Crippen LogP contribution is -2.32. The van der Waals surface area contributed by atoms with Crippen LogP contribution in [-0.4, -0.2) is 17.0 Å². The maximum Gasteiger partial charge on any atom is 0.0997 e. The first-order valence-corrected chi connectivity index (χ1v) is 8.76. The minimum atomic E-state index is -1.36. The Bertz CT molecular complexity index is 432. The fraction of sp³-hybridized carbons (Fsp3) is 0.529. The molecule has 0 nitrogen and oxygen atoms in total. The van der Waals surface area contributed by atoms with E-state index in [-0.39, 0.29) is 10.3 Å². The molecule has 0 aromatic heterocycles. The highest BCUT2D eigenvalue weighted by Gasteiger charge is 2.53. The normalized spacial score (nSPS) is 12.8. The molecule has 0 saturated heterocycles. The Hall–Kier alpha value is -0.790. The van der Waals surface area contributed by atoms with Crippen molar-refractivity contribution in [3.8, 4) is 11.6 Å².